The summed E-state index contributed by atoms with van der Waals surface area (Å²) in [6.07, 6.45) is 4.05. The van der Waals surface area contributed by atoms with Gasteiger partial charge in [0.2, 0.25) is 5.95 Å². The van der Waals surface area contributed by atoms with Gasteiger partial charge in [-0.05, 0) is 38.1 Å². The van der Waals surface area contributed by atoms with Gasteiger partial charge in [0, 0.05) is 13.1 Å². The quantitative estimate of drug-likeness (QED) is 0.899. The fourth-order valence-corrected chi connectivity index (χ4v) is 2.75. The van der Waals surface area contributed by atoms with E-state index in [1.54, 1.807) is 0 Å². The smallest absolute Gasteiger partial charge is 0.201 e. The van der Waals surface area contributed by atoms with E-state index in [1.807, 2.05) is 18.2 Å². The summed E-state index contributed by atoms with van der Waals surface area (Å²) < 4.78 is 2.13. The third kappa shape index (κ3) is 2.20. The zero-order valence-corrected chi connectivity index (χ0v) is 10.7. The number of aromatic nitrogens is 2. The molecule has 96 valence electrons. The van der Waals surface area contributed by atoms with E-state index < -0.39 is 0 Å². The molecule has 0 bridgehead atoms. The molecule has 0 amide bonds. The summed E-state index contributed by atoms with van der Waals surface area (Å²) in [6.45, 7) is 4.47. The Balaban J connectivity index is 1.75. The lowest BCUT2D eigenvalue weighted by Gasteiger charge is -2.26. The molecule has 0 saturated carbocycles. The summed E-state index contributed by atoms with van der Waals surface area (Å²) in [5.74, 6) is 0.633. The lowest BCUT2D eigenvalue weighted by molar-refractivity contribution is 0.222. The van der Waals surface area contributed by atoms with Gasteiger partial charge in [-0.1, -0.05) is 18.6 Å². The number of para-hydroxylation sites is 2. The Bertz CT molecular complexity index is 526. The number of rotatable bonds is 3. The highest BCUT2D eigenvalue weighted by molar-refractivity contribution is 5.78. The summed E-state index contributed by atoms with van der Waals surface area (Å²) in [6, 6.07) is 8.16. The third-order valence-electron chi connectivity index (χ3n) is 3.77. The van der Waals surface area contributed by atoms with Crippen molar-refractivity contribution in [2.24, 2.45) is 0 Å². The summed E-state index contributed by atoms with van der Waals surface area (Å²) in [7, 11) is 0. The van der Waals surface area contributed by atoms with Gasteiger partial charge in [0.05, 0.1) is 11.0 Å². The SMILES string of the molecule is Nc1nc2ccccc2n1CCN1CCCCC1. The normalized spacial score (nSPS) is 17.3. The van der Waals surface area contributed by atoms with Crippen molar-refractivity contribution in [3.05, 3.63) is 24.3 Å². The van der Waals surface area contributed by atoms with Crippen LogP contribution in [0.15, 0.2) is 24.3 Å². The first-order valence-electron chi connectivity index (χ1n) is 6.78. The molecule has 1 fully saturated rings. The van der Waals surface area contributed by atoms with Crippen molar-refractivity contribution >= 4 is 17.0 Å². The first-order valence-corrected chi connectivity index (χ1v) is 6.78. The van der Waals surface area contributed by atoms with Crippen LogP contribution in [0, 0.1) is 0 Å². The maximum absolute atomic E-state index is 6.00. The minimum atomic E-state index is 0.633. The van der Waals surface area contributed by atoms with E-state index in [2.05, 4.69) is 20.5 Å². The number of hydrogen-bond acceptors (Lipinski definition) is 3. The molecule has 3 rings (SSSR count). The van der Waals surface area contributed by atoms with Gasteiger partial charge in [0.1, 0.15) is 0 Å². The topological polar surface area (TPSA) is 47.1 Å². The van der Waals surface area contributed by atoms with Crippen LogP contribution in [-0.4, -0.2) is 34.1 Å². The number of likely N-dealkylation sites (tertiary alicyclic amines) is 1. The van der Waals surface area contributed by atoms with Gasteiger partial charge in [-0.2, -0.15) is 0 Å². The average Bonchev–Trinajstić information content (AvgIpc) is 2.73. The van der Waals surface area contributed by atoms with Crippen molar-refractivity contribution in [1.82, 2.24) is 14.5 Å². The maximum atomic E-state index is 6.00. The van der Waals surface area contributed by atoms with Gasteiger partial charge in [-0.15, -0.1) is 0 Å². The molecule has 18 heavy (non-hydrogen) atoms. The van der Waals surface area contributed by atoms with Crippen LogP contribution in [0.3, 0.4) is 0 Å². The van der Waals surface area contributed by atoms with Crippen LogP contribution in [-0.2, 0) is 6.54 Å². The molecule has 1 aromatic carbocycles. The predicted molar refractivity (Wildman–Crippen MR) is 74.4 cm³/mol. The van der Waals surface area contributed by atoms with E-state index >= 15 is 0 Å². The lowest BCUT2D eigenvalue weighted by atomic mass is 10.1. The Morgan fingerprint density at radius 3 is 2.67 bits per heavy atom. The van der Waals surface area contributed by atoms with E-state index in [0.717, 1.165) is 24.1 Å². The van der Waals surface area contributed by atoms with Crippen molar-refractivity contribution < 1.29 is 0 Å². The molecule has 1 aliphatic rings. The Hall–Kier alpha value is -1.55. The van der Waals surface area contributed by atoms with E-state index in [1.165, 1.54) is 32.4 Å². The second kappa shape index (κ2) is 4.98. The summed E-state index contributed by atoms with van der Waals surface area (Å²) in [5.41, 5.74) is 8.14. The highest BCUT2D eigenvalue weighted by Gasteiger charge is 2.12. The molecule has 2 N–H and O–H groups in total. The molecule has 4 nitrogen and oxygen atoms in total. The fourth-order valence-electron chi connectivity index (χ4n) is 2.75. The number of imidazole rings is 1. The van der Waals surface area contributed by atoms with Crippen molar-refractivity contribution in [3.8, 4) is 0 Å². The van der Waals surface area contributed by atoms with Gasteiger partial charge < -0.3 is 15.2 Å². The summed E-state index contributed by atoms with van der Waals surface area (Å²) in [4.78, 5) is 6.92. The van der Waals surface area contributed by atoms with Crippen LogP contribution in [0.2, 0.25) is 0 Å². The molecular weight excluding hydrogens is 224 g/mol. The average molecular weight is 244 g/mol. The molecule has 0 atom stereocenters. The Kier molecular flexibility index (Phi) is 3.19. The van der Waals surface area contributed by atoms with Gasteiger partial charge >= 0.3 is 0 Å². The van der Waals surface area contributed by atoms with Crippen molar-refractivity contribution in [1.29, 1.82) is 0 Å². The zero-order valence-electron chi connectivity index (χ0n) is 10.7. The number of nitrogens with zero attached hydrogens (tertiary/aromatic N) is 3. The molecule has 0 spiro atoms. The standard InChI is InChI=1S/C14H20N4/c15-14-16-12-6-2-3-7-13(12)18(14)11-10-17-8-4-1-5-9-17/h2-3,6-7H,1,4-5,8-11H2,(H2,15,16). The number of anilines is 1. The molecule has 4 heteroatoms. The van der Waals surface area contributed by atoms with Crippen LogP contribution in [0.4, 0.5) is 5.95 Å². The molecule has 0 radical (unpaired) electrons. The van der Waals surface area contributed by atoms with E-state index in [0.29, 0.717) is 5.95 Å². The molecule has 2 heterocycles. The first kappa shape index (κ1) is 11.5. The monoisotopic (exact) mass is 244 g/mol. The molecule has 1 aliphatic heterocycles. The van der Waals surface area contributed by atoms with E-state index in [-0.39, 0.29) is 0 Å². The lowest BCUT2D eigenvalue weighted by Crippen LogP contribution is -2.32. The number of benzene rings is 1. The van der Waals surface area contributed by atoms with Crippen LogP contribution in [0.5, 0.6) is 0 Å². The van der Waals surface area contributed by atoms with Crippen LogP contribution in [0.25, 0.3) is 11.0 Å². The molecule has 1 aromatic heterocycles. The van der Waals surface area contributed by atoms with Crippen molar-refractivity contribution in [2.75, 3.05) is 25.4 Å². The minimum Gasteiger partial charge on any atom is -0.369 e. The number of fused-ring (bicyclic) bond motifs is 1. The van der Waals surface area contributed by atoms with Crippen LogP contribution < -0.4 is 5.73 Å². The molecule has 0 aliphatic carbocycles. The van der Waals surface area contributed by atoms with Crippen LogP contribution in [0.1, 0.15) is 19.3 Å². The fraction of sp³-hybridized carbons (Fsp3) is 0.500. The Labute approximate surface area is 107 Å². The van der Waals surface area contributed by atoms with Gasteiger partial charge in [0.25, 0.3) is 0 Å². The molecule has 2 aromatic rings. The number of piperidine rings is 1. The van der Waals surface area contributed by atoms with Crippen molar-refractivity contribution in [3.63, 3.8) is 0 Å². The van der Waals surface area contributed by atoms with E-state index in [9.17, 15) is 0 Å². The summed E-state index contributed by atoms with van der Waals surface area (Å²) >= 11 is 0. The minimum absolute atomic E-state index is 0.633. The van der Waals surface area contributed by atoms with Crippen molar-refractivity contribution in [2.45, 2.75) is 25.8 Å². The van der Waals surface area contributed by atoms with Gasteiger partial charge in [-0.3, -0.25) is 0 Å². The largest absolute Gasteiger partial charge is 0.369 e. The second-order valence-corrected chi connectivity index (χ2v) is 5.01. The predicted octanol–water partition coefficient (Wildman–Crippen LogP) is 2.10. The number of nitrogen functional groups attached to an aromatic ring is 1. The molecular formula is C14H20N4. The zero-order chi connectivity index (χ0) is 12.4. The molecule has 0 unspecified atom stereocenters. The van der Waals surface area contributed by atoms with E-state index in [4.69, 9.17) is 5.73 Å². The first-order chi connectivity index (χ1) is 8.84. The second-order valence-electron chi connectivity index (χ2n) is 5.01. The summed E-state index contributed by atoms with van der Waals surface area (Å²) in [5, 5.41) is 0. The number of hydrogen-bond donors (Lipinski definition) is 1. The highest BCUT2D eigenvalue weighted by Crippen LogP contribution is 2.17. The maximum Gasteiger partial charge on any atom is 0.201 e. The Morgan fingerprint density at radius 1 is 1.06 bits per heavy atom. The Morgan fingerprint density at radius 2 is 1.83 bits per heavy atom. The van der Waals surface area contributed by atoms with Crippen LogP contribution >= 0.6 is 0 Å². The number of nitrogens with two attached hydrogens (primary N) is 1. The third-order valence-corrected chi connectivity index (χ3v) is 3.77. The van der Waals surface area contributed by atoms with Gasteiger partial charge in [-0.25, -0.2) is 4.98 Å². The highest BCUT2D eigenvalue weighted by atomic mass is 15.2. The van der Waals surface area contributed by atoms with Gasteiger partial charge in [0.15, 0.2) is 0 Å². The molecule has 1 saturated heterocycles.